The largest absolute Gasteiger partial charge is 0.338 e. The normalized spacial score (nSPS) is 15.1. The monoisotopic (exact) mass is 465 g/mol. The Morgan fingerprint density at radius 2 is 1.84 bits per heavy atom. The molecule has 0 saturated carbocycles. The Labute approximate surface area is 193 Å². The van der Waals surface area contributed by atoms with Crippen LogP contribution in [0.5, 0.6) is 0 Å². The molecule has 5 rings (SSSR count). The number of carbonyl (C=O) groups is 1. The summed E-state index contributed by atoms with van der Waals surface area (Å²) >= 11 is 7.51. The van der Waals surface area contributed by atoms with E-state index in [9.17, 15) is 4.79 Å². The number of para-hydroxylation sites is 1. The van der Waals surface area contributed by atoms with Gasteiger partial charge >= 0.3 is 0 Å². The molecule has 0 aliphatic carbocycles. The lowest BCUT2D eigenvalue weighted by atomic mass is 10.2. The molecule has 4 aromatic rings. The van der Waals surface area contributed by atoms with Crippen molar-refractivity contribution >= 4 is 45.1 Å². The lowest BCUT2D eigenvalue weighted by Crippen LogP contribution is -2.47. The molecule has 7 nitrogen and oxygen atoms in total. The van der Waals surface area contributed by atoms with Crippen molar-refractivity contribution in [3.63, 3.8) is 0 Å². The Bertz CT molecular complexity index is 1230. The highest BCUT2D eigenvalue weighted by Gasteiger charge is 2.21. The molecule has 1 amide bonds. The number of fused-ring (bicyclic) bond motifs is 1. The average molecular weight is 466 g/mol. The summed E-state index contributed by atoms with van der Waals surface area (Å²) in [6.07, 6.45) is 3.42. The number of piperazine rings is 1. The van der Waals surface area contributed by atoms with Crippen molar-refractivity contribution in [1.29, 1.82) is 0 Å². The third kappa shape index (κ3) is 4.72. The van der Waals surface area contributed by atoms with E-state index < -0.39 is 0 Å². The zero-order chi connectivity index (χ0) is 21.9. The number of aromatic nitrogens is 3. The number of nitrogens with zero attached hydrogens (tertiary/aromatic N) is 5. The quantitative estimate of drug-likeness (QED) is 0.408. The molecule has 3 heterocycles. The van der Waals surface area contributed by atoms with Gasteiger partial charge in [-0.15, -0.1) is 11.3 Å². The summed E-state index contributed by atoms with van der Waals surface area (Å²) in [6, 6.07) is 15.3. The first-order valence-corrected chi connectivity index (χ1v) is 11.5. The van der Waals surface area contributed by atoms with Crippen LogP contribution in [0.15, 0.2) is 59.1 Å². The van der Waals surface area contributed by atoms with Gasteiger partial charge < -0.3 is 9.42 Å². The average Bonchev–Trinajstić information content (AvgIpc) is 3.45. The lowest BCUT2D eigenvalue weighted by molar-refractivity contribution is -0.127. The molecule has 1 aliphatic rings. The highest BCUT2D eigenvalue weighted by Crippen LogP contribution is 2.23. The van der Waals surface area contributed by atoms with E-state index >= 15 is 0 Å². The fourth-order valence-electron chi connectivity index (χ4n) is 3.56. The molecule has 0 radical (unpaired) electrons. The molecular weight excluding hydrogens is 446 g/mol. The van der Waals surface area contributed by atoms with Crippen LogP contribution in [0.4, 0.5) is 0 Å². The third-order valence-corrected chi connectivity index (χ3v) is 6.55. The van der Waals surface area contributed by atoms with Gasteiger partial charge in [-0.1, -0.05) is 28.9 Å². The Balaban J connectivity index is 1.14. The van der Waals surface area contributed by atoms with Crippen molar-refractivity contribution < 1.29 is 9.32 Å². The van der Waals surface area contributed by atoms with Crippen LogP contribution in [0.2, 0.25) is 5.02 Å². The third-order valence-electron chi connectivity index (χ3n) is 5.29. The van der Waals surface area contributed by atoms with E-state index in [0.29, 0.717) is 36.4 Å². The summed E-state index contributed by atoms with van der Waals surface area (Å²) in [7, 11) is 0. The minimum absolute atomic E-state index is 0.00622. The number of thiazole rings is 1. The first-order valence-electron chi connectivity index (χ1n) is 10.3. The van der Waals surface area contributed by atoms with Gasteiger partial charge in [0.15, 0.2) is 0 Å². The first kappa shape index (κ1) is 20.8. The van der Waals surface area contributed by atoms with Crippen LogP contribution in [0.1, 0.15) is 10.9 Å². The van der Waals surface area contributed by atoms with E-state index in [2.05, 4.69) is 20.0 Å². The molecule has 2 aromatic carbocycles. The molecule has 1 aliphatic heterocycles. The predicted octanol–water partition coefficient (Wildman–Crippen LogP) is 4.36. The molecule has 0 unspecified atom stereocenters. The van der Waals surface area contributed by atoms with Crippen molar-refractivity contribution in [3.8, 4) is 11.4 Å². The van der Waals surface area contributed by atoms with Gasteiger partial charge in [0.25, 0.3) is 0 Å². The van der Waals surface area contributed by atoms with E-state index in [1.54, 1.807) is 35.6 Å². The summed E-state index contributed by atoms with van der Waals surface area (Å²) in [4.78, 5) is 25.7. The molecule has 2 aromatic heterocycles. The fraction of sp³-hybridized carbons (Fsp3) is 0.217. The topological polar surface area (TPSA) is 75.4 Å². The predicted molar refractivity (Wildman–Crippen MR) is 125 cm³/mol. The second kappa shape index (κ2) is 9.20. The number of amides is 1. The summed E-state index contributed by atoms with van der Waals surface area (Å²) in [5, 5.41) is 5.56. The Kier molecular flexibility index (Phi) is 5.98. The fourth-order valence-corrected chi connectivity index (χ4v) is 4.56. The molecule has 0 bridgehead atoms. The SMILES string of the molecule is O=C(/C=C/c1nc2ccccc2s1)N1CCN(Cc2nc(-c3ccc(Cl)cc3)no2)CC1. The molecule has 32 heavy (non-hydrogen) atoms. The van der Waals surface area contributed by atoms with E-state index in [0.717, 1.165) is 33.9 Å². The van der Waals surface area contributed by atoms with Gasteiger partial charge in [-0.25, -0.2) is 4.98 Å². The summed E-state index contributed by atoms with van der Waals surface area (Å²) in [5.41, 5.74) is 1.82. The van der Waals surface area contributed by atoms with Crippen molar-refractivity contribution in [2.75, 3.05) is 26.2 Å². The summed E-state index contributed by atoms with van der Waals surface area (Å²) < 4.78 is 6.52. The first-order chi connectivity index (χ1) is 15.6. The van der Waals surface area contributed by atoms with Crippen LogP contribution in [0, 0.1) is 0 Å². The van der Waals surface area contributed by atoms with Crippen LogP contribution < -0.4 is 0 Å². The van der Waals surface area contributed by atoms with E-state index in [1.165, 1.54) is 0 Å². The van der Waals surface area contributed by atoms with Crippen LogP contribution in [-0.4, -0.2) is 57.0 Å². The molecular formula is C23H20ClN5O2S. The molecule has 0 atom stereocenters. The minimum Gasteiger partial charge on any atom is -0.338 e. The second-order valence-corrected chi connectivity index (χ2v) is 8.97. The zero-order valence-corrected chi connectivity index (χ0v) is 18.7. The van der Waals surface area contributed by atoms with Crippen molar-refractivity contribution in [2.45, 2.75) is 6.54 Å². The number of hydrogen-bond acceptors (Lipinski definition) is 7. The highest BCUT2D eigenvalue weighted by molar-refractivity contribution is 7.19. The number of benzene rings is 2. The number of halogens is 1. The van der Waals surface area contributed by atoms with E-state index in [-0.39, 0.29) is 5.91 Å². The molecule has 1 fully saturated rings. The highest BCUT2D eigenvalue weighted by atomic mass is 35.5. The zero-order valence-electron chi connectivity index (χ0n) is 17.1. The Morgan fingerprint density at radius 1 is 1.06 bits per heavy atom. The van der Waals surface area contributed by atoms with Crippen LogP contribution >= 0.6 is 22.9 Å². The van der Waals surface area contributed by atoms with Gasteiger partial charge in [-0.2, -0.15) is 4.98 Å². The van der Waals surface area contributed by atoms with Gasteiger partial charge in [0.2, 0.25) is 17.6 Å². The van der Waals surface area contributed by atoms with Gasteiger partial charge in [0, 0.05) is 42.8 Å². The standard InChI is InChI=1S/C23H20ClN5O2S/c24-17-7-5-16(6-8-17)23-26-20(31-27-23)15-28-11-13-29(14-12-28)22(30)10-9-21-25-18-3-1-2-4-19(18)32-21/h1-10H,11-15H2/b10-9+. The molecule has 162 valence electrons. The van der Waals surface area contributed by atoms with Gasteiger partial charge in [0.1, 0.15) is 5.01 Å². The number of rotatable bonds is 5. The lowest BCUT2D eigenvalue weighted by Gasteiger charge is -2.33. The van der Waals surface area contributed by atoms with Crippen LogP contribution in [0.25, 0.3) is 27.7 Å². The van der Waals surface area contributed by atoms with Crippen molar-refractivity contribution in [3.05, 3.63) is 70.5 Å². The summed E-state index contributed by atoms with van der Waals surface area (Å²) in [6.45, 7) is 3.37. The van der Waals surface area contributed by atoms with E-state index in [4.69, 9.17) is 16.1 Å². The maximum atomic E-state index is 12.6. The van der Waals surface area contributed by atoms with Gasteiger partial charge in [-0.3, -0.25) is 9.69 Å². The molecule has 1 saturated heterocycles. The molecule has 0 spiro atoms. The van der Waals surface area contributed by atoms with Crippen LogP contribution in [0.3, 0.4) is 0 Å². The minimum atomic E-state index is 0.00622. The Morgan fingerprint density at radius 3 is 2.62 bits per heavy atom. The van der Waals surface area contributed by atoms with Gasteiger partial charge in [-0.05, 0) is 42.5 Å². The van der Waals surface area contributed by atoms with Crippen molar-refractivity contribution in [1.82, 2.24) is 24.9 Å². The molecule has 0 N–H and O–H groups in total. The number of hydrogen-bond donors (Lipinski definition) is 0. The Hall–Kier alpha value is -3.07. The number of carbonyl (C=O) groups excluding carboxylic acids is 1. The van der Waals surface area contributed by atoms with Gasteiger partial charge in [0.05, 0.1) is 16.8 Å². The maximum Gasteiger partial charge on any atom is 0.246 e. The van der Waals surface area contributed by atoms with Crippen LogP contribution in [-0.2, 0) is 11.3 Å². The second-order valence-electron chi connectivity index (χ2n) is 7.47. The molecule has 9 heteroatoms. The smallest absolute Gasteiger partial charge is 0.246 e. The van der Waals surface area contributed by atoms with E-state index in [1.807, 2.05) is 41.3 Å². The maximum absolute atomic E-state index is 12.6. The van der Waals surface area contributed by atoms with Crippen molar-refractivity contribution in [2.24, 2.45) is 0 Å². The summed E-state index contributed by atoms with van der Waals surface area (Å²) in [5.74, 6) is 1.11.